The third kappa shape index (κ3) is 3.59. The molecule has 0 amide bonds. The van der Waals surface area contributed by atoms with E-state index in [0.29, 0.717) is 11.5 Å². The molecule has 5 heteroatoms. The fraction of sp³-hybridized carbons (Fsp3) is 0. The summed E-state index contributed by atoms with van der Waals surface area (Å²) in [7, 11) is 0. The molecule has 4 nitrogen and oxygen atoms in total. The van der Waals surface area contributed by atoms with Crippen LogP contribution >= 0.6 is 11.3 Å². The molecule has 0 fully saturated rings. The number of thiophene rings is 1. The van der Waals surface area contributed by atoms with Crippen molar-refractivity contribution in [2.24, 2.45) is 0 Å². The molecule has 10 aromatic rings. The van der Waals surface area contributed by atoms with Crippen LogP contribution in [-0.4, -0.2) is 14.5 Å². The third-order valence-electron chi connectivity index (χ3n) is 8.83. The SMILES string of the molecule is c1ccc(-c2nc(-c3cccc(-n4c5ccccc5c5c6sc7ccccc7c6ccc54)c3)nc3oc4ccccc4c23)cc1. The van der Waals surface area contributed by atoms with Gasteiger partial charge in [-0.3, -0.25) is 0 Å². The predicted octanol–water partition coefficient (Wildman–Crippen LogP) is 11.2. The zero-order chi connectivity index (χ0) is 29.5. The number of furan rings is 1. The first-order valence-electron chi connectivity index (χ1n) is 15.0. The summed E-state index contributed by atoms with van der Waals surface area (Å²) >= 11 is 1.87. The van der Waals surface area contributed by atoms with Crippen molar-refractivity contribution in [3.8, 4) is 28.3 Å². The van der Waals surface area contributed by atoms with Gasteiger partial charge in [0.1, 0.15) is 5.58 Å². The highest BCUT2D eigenvalue weighted by atomic mass is 32.1. The van der Waals surface area contributed by atoms with Gasteiger partial charge in [0.15, 0.2) is 5.82 Å². The van der Waals surface area contributed by atoms with Gasteiger partial charge >= 0.3 is 0 Å². The lowest BCUT2D eigenvalue weighted by atomic mass is 10.1. The average Bonchev–Trinajstić information content (AvgIpc) is 3.77. The summed E-state index contributed by atoms with van der Waals surface area (Å²) < 4.78 is 11.3. The number of hydrogen-bond acceptors (Lipinski definition) is 4. The normalized spacial score (nSPS) is 12.0. The summed E-state index contributed by atoms with van der Waals surface area (Å²) in [5.41, 5.74) is 7.66. The molecule has 0 spiro atoms. The van der Waals surface area contributed by atoms with Crippen molar-refractivity contribution >= 4 is 75.4 Å². The quantitative estimate of drug-likeness (QED) is 0.205. The van der Waals surface area contributed by atoms with Gasteiger partial charge < -0.3 is 8.98 Å². The van der Waals surface area contributed by atoms with Crippen molar-refractivity contribution in [2.45, 2.75) is 0 Å². The molecule has 0 aliphatic rings. The van der Waals surface area contributed by atoms with Gasteiger partial charge in [-0.25, -0.2) is 4.98 Å². The monoisotopic (exact) mass is 593 g/mol. The molecule has 0 radical (unpaired) electrons. The van der Waals surface area contributed by atoms with E-state index in [1.807, 2.05) is 47.7 Å². The number of hydrogen-bond donors (Lipinski definition) is 0. The van der Waals surface area contributed by atoms with Crippen LogP contribution in [0.25, 0.3) is 92.4 Å². The Labute approximate surface area is 261 Å². The molecule has 0 saturated carbocycles. The second-order valence-corrected chi connectivity index (χ2v) is 12.4. The number of rotatable bonds is 3. The first kappa shape index (κ1) is 24.6. The molecule has 6 aromatic carbocycles. The molecule has 0 aliphatic heterocycles. The largest absolute Gasteiger partial charge is 0.438 e. The van der Waals surface area contributed by atoms with E-state index in [1.165, 1.54) is 42.0 Å². The molecular weight excluding hydrogens is 571 g/mol. The summed E-state index contributed by atoms with van der Waals surface area (Å²) in [5, 5.41) is 7.12. The van der Waals surface area contributed by atoms with E-state index in [4.69, 9.17) is 14.4 Å². The molecule has 45 heavy (non-hydrogen) atoms. The number of para-hydroxylation sites is 2. The number of fused-ring (bicyclic) bond motifs is 10. The van der Waals surface area contributed by atoms with Crippen LogP contribution < -0.4 is 0 Å². The summed E-state index contributed by atoms with van der Waals surface area (Å²) in [6.07, 6.45) is 0. The summed E-state index contributed by atoms with van der Waals surface area (Å²) in [4.78, 5) is 10.2. The second kappa shape index (κ2) is 9.36. The molecule has 210 valence electrons. The molecule has 4 aromatic heterocycles. The Morgan fingerprint density at radius 2 is 1.29 bits per heavy atom. The first-order valence-corrected chi connectivity index (χ1v) is 15.8. The smallest absolute Gasteiger partial charge is 0.231 e. The van der Waals surface area contributed by atoms with Crippen LogP contribution in [0.5, 0.6) is 0 Å². The minimum atomic E-state index is 0.592. The van der Waals surface area contributed by atoms with Crippen LogP contribution in [0.1, 0.15) is 0 Å². The zero-order valence-electron chi connectivity index (χ0n) is 23.9. The van der Waals surface area contributed by atoms with Gasteiger partial charge in [0.25, 0.3) is 0 Å². The average molecular weight is 594 g/mol. The Morgan fingerprint density at radius 1 is 0.533 bits per heavy atom. The first-order chi connectivity index (χ1) is 22.3. The Balaban J connectivity index is 1.23. The molecule has 0 aliphatic carbocycles. The minimum Gasteiger partial charge on any atom is -0.438 e. The van der Waals surface area contributed by atoms with Crippen molar-refractivity contribution in [1.29, 1.82) is 0 Å². The van der Waals surface area contributed by atoms with Crippen molar-refractivity contribution < 1.29 is 4.42 Å². The van der Waals surface area contributed by atoms with Crippen LogP contribution in [0.4, 0.5) is 0 Å². The highest BCUT2D eigenvalue weighted by molar-refractivity contribution is 7.26. The van der Waals surface area contributed by atoms with Crippen molar-refractivity contribution in [3.05, 3.63) is 140 Å². The lowest BCUT2D eigenvalue weighted by Crippen LogP contribution is -1.97. The maximum absolute atomic E-state index is 6.31. The Kier molecular flexibility index (Phi) is 5.12. The summed E-state index contributed by atoms with van der Waals surface area (Å²) in [6.45, 7) is 0. The molecule has 4 heterocycles. The van der Waals surface area contributed by atoms with Gasteiger partial charge in [-0.1, -0.05) is 103 Å². The summed E-state index contributed by atoms with van der Waals surface area (Å²) in [6, 6.07) is 48.9. The summed E-state index contributed by atoms with van der Waals surface area (Å²) in [5.74, 6) is 0.634. The van der Waals surface area contributed by atoms with Crippen molar-refractivity contribution in [1.82, 2.24) is 14.5 Å². The fourth-order valence-corrected chi connectivity index (χ4v) is 8.11. The van der Waals surface area contributed by atoms with Gasteiger partial charge in [0.2, 0.25) is 5.71 Å². The molecule has 0 saturated heterocycles. The van der Waals surface area contributed by atoms with E-state index in [0.717, 1.165) is 38.9 Å². The van der Waals surface area contributed by atoms with Gasteiger partial charge in [-0.15, -0.1) is 11.3 Å². The molecular formula is C40H23N3OS. The molecule has 0 bridgehead atoms. The van der Waals surface area contributed by atoms with E-state index in [9.17, 15) is 0 Å². The highest BCUT2D eigenvalue weighted by Crippen LogP contribution is 2.43. The van der Waals surface area contributed by atoms with Crippen LogP contribution in [-0.2, 0) is 0 Å². The zero-order valence-corrected chi connectivity index (χ0v) is 24.8. The van der Waals surface area contributed by atoms with Crippen LogP contribution in [0, 0.1) is 0 Å². The van der Waals surface area contributed by atoms with Crippen LogP contribution in [0.3, 0.4) is 0 Å². The minimum absolute atomic E-state index is 0.592. The van der Waals surface area contributed by atoms with Crippen molar-refractivity contribution in [3.63, 3.8) is 0 Å². The van der Waals surface area contributed by atoms with E-state index >= 15 is 0 Å². The van der Waals surface area contributed by atoms with Gasteiger partial charge in [0, 0.05) is 53.1 Å². The fourth-order valence-electron chi connectivity index (χ4n) is 6.85. The lowest BCUT2D eigenvalue weighted by molar-refractivity contribution is 0.653. The standard InChI is InChI=1S/C40H23N3OS/c1-2-11-24(12-3-1)37-36-30-17-5-8-19-33(30)44-40(36)42-39(41-37)25-13-10-14-26(23-25)43-31-18-7-4-16-29(31)35-32(43)22-21-28-27-15-6-9-20-34(27)45-38(28)35/h1-23H. The van der Waals surface area contributed by atoms with E-state index in [-0.39, 0.29) is 0 Å². The highest BCUT2D eigenvalue weighted by Gasteiger charge is 2.20. The van der Waals surface area contributed by atoms with Gasteiger partial charge in [-0.05, 0) is 36.4 Å². The maximum atomic E-state index is 6.31. The third-order valence-corrected chi connectivity index (χ3v) is 10.0. The number of nitrogens with zero attached hydrogens (tertiary/aromatic N) is 3. The van der Waals surface area contributed by atoms with Gasteiger partial charge in [0.05, 0.1) is 22.1 Å². The Bertz CT molecular complexity index is 2770. The van der Waals surface area contributed by atoms with Crippen LogP contribution in [0.2, 0.25) is 0 Å². The predicted molar refractivity (Wildman–Crippen MR) is 187 cm³/mol. The van der Waals surface area contributed by atoms with E-state index in [1.54, 1.807) is 0 Å². The maximum Gasteiger partial charge on any atom is 0.231 e. The molecule has 0 atom stereocenters. The van der Waals surface area contributed by atoms with Crippen molar-refractivity contribution in [2.75, 3.05) is 0 Å². The van der Waals surface area contributed by atoms with E-state index < -0.39 is 0 Å². The number of aromatic nitrogens is 3. The van der Waals surface area contributed by atoms with Crippen LogP contribution in [0.15, 0.2) is 144 Å². The molecule has 0 N–H and O–H groups in total. The Hall–Kier alpha value is -5.78. The molecule has 0 unspecified atom stereocenters. The number of benzene rings is 6. The molecule has 10 rings (SSSR count). The topological polar surface area (TPSA) is 43.9 Å². The van der Waals surface area contributed by atoms with Gasteiger partial charge in [-0.2, -0.15) is 4.98 Å². The second-order valence-electron chi connectivity index (χ2n) is 11.4. The lowest BCUT2D eigenvalue weighted by Gasteiger charge is -2.11. The Morgan fingerprint density at radius 3 is 2.20 bits per heavy atom. The van der Waals surface area contributed by atoms with E-state index in [2.05, 4.69) is 108 Å².